The van der Waals surface area contributed by atoms with Gasteiger partial charge in [0.25, 0.3) is 6.29 Å². The molecule has 1 saturated heterocycles. The molecule has 1 aliphatic heterocycles. The molecule has 2 aromatic rings. The molecule has 4 N–H and O–H groups in total. The molecule has 2 atom stereocenters. The molecule has 6 nitrogen and oxygen atoms in total. The van der Waals surface area contributed by atoms with E-state index in [-0.39, 0.29) is 6.29 Å². The highest BCUT2D eigenvalue weighted by atomic mass is 15.5. The Hall–Kier alpha value is -2.44. The van der Waals surface area contributed by atoms with Gasteiger partial charge in [-0.3, -0.25) is 0 Å². The smallest absolute Gasteiger partial charge is 0.260 e. The third kappa shape index (κ3) is 3.85. The van der Waals surface area contributed by atoms with Crippen LogP contribution in [-0.4, -0.2) is 38.4 Å². The molecule has 0 spiro atoms. The van der Waals surface area contributed by atoms with E-state index >= 15 is 0 Å². The third-order valence-corrected chi connectivity index (χ3v) is 4.07. The summed E-state index contributed by atoms with van der Waals surface area (Å²) < 4.78 is 0. The lowest BCUT2D eigenvalue weighted by molar-refractivity contribution is -0.897. The normalized spacial score (nSPS) is 21.8. The number of likely N-dealkylation sites (N-methyl/N-ethyl adjacent to an activating group) is 2. The van der Waals surface area contributed by atoms with Gasteiger partial charge in [-0.25, -0.2) is 4.90 Å². The molecule has 1 heterocycles. The second kappa shape index (κ2) is 6.76. The van der Waals surface area contributed by atoms with Crippen LogP contribution in [0.2, 0.25) is 0 Å². The summed E-state index contributed by atoms with van der Waals surface area (Å²) in [5, 5.41) is 12.2. The topological polar surface area (TPSA) is 70.5 Å². The van der Waals surface area contributed by atoms with Crippen LogP contribution >= 0.6 is 0 Å². The minimum atomic E-state index is 0.113. The van der Waals surface area contributed by atoms with Crippen molar-refractivity contribution in [3.8, 4) is 0 Å². The molecule has 1 fully saturated rings. The van der Waals surface area contributed by atoms with Gasteiger partial charge in [0.1, 0.15) is 0 Å². The van der Waals surface area contributed by atoms with E-state index in [0.717, 1.165) is 35.8 Å². The van der Waals surface area contributed by atoms with Gasteiger partial charge in [0.05, 0.1) is 25.8 Å². The summed E-state index contributed by atoms with van der Waals surface area (Å²) in [6.45, 7) is 2.16. The second-order valence-electron chi connectivity index (χ2n) is 5.96. The number of benzene rings is 2. The molecule has 120 valence electrons. The van der Waals surface area contributed by atoms with Crippen molar-refractivity contribution in [2.75, 3.05) is 38.2 Å². The molecular formula is C17H23N6+. The van der Waals surface area contributed by atoms with Gasteiger partial charge in [0.2, 0.25) is 0 Å². The van der Waals surface area contributed by atoms with Crippen LogP contribution in [0.25, 0.3) is 0 Å². The van der Waals surface area contributed by atoms with Gasteiger partial charge >= 0.3 is 0 Å². The fourth-order valence-electron chi connectivity index (χ4n) is 2.63. The molecule has 2 unspecified atom stereocenters. The molecule has 0 amide bonds. The second-order valence-corrected chi connectivity index (χ2v) is 5.96. The zero-order valence-corrected chi connectivity index (χ0v) is 13.5. The highest BCUT2D eigenvalue weighted by Gasteiger charge is 2.29. The lowest BCUT2D eigenvalue weighted by Crippen LogP contribution is -3.11. The summed E-state index contributed by atoms with van der Waals surface area (Å²) in [6, 6.07) is 15.6. The van der Waals surface area contributed by atoms with E-state index in [4.69, 9.17) is 5.73 Å². The Kier molecular flexibility index (Phi) is 4.55. The lowest BCUT2D eigenvalue weighted by atomic mass is 10.2. The Morgan fingerprint density at radius 3 is 2.26 bits per heavy atom. The zero-order valence-electron chi connectivity index (χ0n) is 13.5. The van der Waals surface area contributed by atoms with E-state index in [1.165, 1.54) is 4.90 Å². The van der Waals surface area contributed by atoms with Gasteiger partial charge in [0.15, 0.2) is 0 Å². The van der Waals surface area contributed by atoms with Crippen LogP contribution in [0.4, 0.5) is 22.7 Å². The van der Waals surface area contributed by atoms with Crippen LogP contribution < -0.4 is 16.0 Å². The summed E-state index contributed by atoms with van der Waals surface area (Å²) in [5.41, 5.74) is 9.32. The van der Waals surface area contributed by atoms with Gasteiger partial charge in [0, 0.05) is 17.1 Å². The van der Waals surface area contributed by atoms with Gasteiger partial charge in [-0.1, -0.05) is 0 Å². The SMILES string of the molecule is CN1CC[NH+](C)C1N=Nc1ccc(Nc2ccc(N)cc2)cc1. The number of quaternary nitrogens is 1. The minimum absolute atomic E-state index is 0.113. The average Bonchev–Trinajstić information content (AvgIpc) is 2.88. The quantitative estimate of drug-likeness (QED) is 0.596. The fraction of sp³-hybridized carbons (Fsp3) is 0.294. The molecule has 3 rings (SSSR count). The van der Waals surface area contributed by atoms with Crippen LogP contribution in [0.1, 0.15) is 0 Å². The number of nitrogens with one attached hydrogen (secondary N) is 2. The van der Waals surface area contributed by atoms with E-state index in [1.807, 2.05) is 48.5 Å². The maximum Gasteiger partial charge on any atom is 0.260 e. The standard InChI is InChI=1S/C17H22N6/c1-22-11-12-23(2)17(22)21-20-16-9-7-15(8-10-16)19-14-5-3-13(18)4-6-14/h3-10,17,19H,11-12,18H2,1-2H3/p+1. The summed E-state index contributed by atoms with van der Waals surface area (Å²) in [7, 11) is 4.23. The molecule has 6 heteroatoms. The first-order valence-electron chi connectivity index (χ1n) is 7.78. The van der Waals surface area contributed by atoms with Crippen molar-refractivity contribution >= 4 is 22.7 Å². The Bertz CT molecular complexity index is 654. The molecule has 0 aliphatic carbocycles. The van der Waals surface area contributed by atoms with E-state index < -0.39 is 0 Å². The molecule has 0 saturated carbocycles. The average molecular weight is 311 g/mol. The monoisotopic (exact) mass is 311 g/mol. The Morgan fingerprint density at radius 2 is 1.70 bits per heavy atom. The Morgan fingerprint density at radius 1 is 1.09 bits per heavy atom. The number of hydrogen-bond donors (Lipinski definition) is 3. The summed E-state index contributed by atoms with van der Waals surface area (Å²) in [6.07, 6.45) is 0.113. The molecule has 0 radical (unpaired) electrons. The number of nitrogen functional groups attached to an aromatic ring is 1. The molecule has 0 bridgehead atoms. The van der Waals surface area contributed by atoms with E-state index in [0.29, 0.717) is 0 Å². The van der Waals surface area contributed by atoms with Gasteiger partial charge in [-0.2, -0.15) is 0 Å². The maximum atomic E-state index is 5.69. The van der Waals surface area contributed by atoms with Crippen molar-refractivity contribution in [2.24, 2.45) is 10.2 Å². The van der Waals surface area contributed by atoms with Gasteiger partial charge < -0.3 is 16.0 Å². The van der Waals surface area contributed by atoms with E-state index in [2.05, 4.69) is 34.5 Å². The number of rotatable bonds is 4. The van der Waals surface area contributed by atoms with Crippen LogP contribution in [0.15, 0.2) is 58.8 Å². The predicted molar refractivity (Wildman–Crippen MR) is 93.3 cm³/mol. The summed E-state index contributed by atoms with van der Waals surface area (Å²) >= 11 is 0. The maximum absolute atomic E-state index is 5.69. The fourth-order valence-corrected chi connectivity index (χ4v) is 2.63. The summed E-state index contributed by atoms with van der Waals surface area (Å²) in [4.78, 5) is 3.59. The van der Waals surface area contributed by atoms with Crippen LogP contribution in [-0.2, 0) is 0 Å². The first-order chi connectivity index (χ1) is 11.1. The third-order valence-electron chi connectivity index (χ3n) is 4.07. The highest BCUT2D eigenvalue weighted by Crippen LogP contribution is 2.21. The van der Waals surface area contributed by atoms with Crippen LogP contribution in [0.5, 0.6) is 0 Å². The van der Waals surface area contributed by atoms with Gasteiger partial charge in [-0.05, 0) is 55.6 Å². The largest absolute Gasteiger partial charge is 0.399 e. The summed E-state index contributed by atoms with van der Waals surface area (Å²) in [5.74, 6) is 0. The van der Waals surface area contributed by atoms with Crippen molar-refractivity contribution in [3.63, 3.8) is 0 Å². The first kappa shape index (κ1) is 15.5. The zero-order chi connectivity index (χ0) is 16.2. The van der Waals surface area contributed by atoms with Crippen molar-refractivity contribution in [2.45, 2.75) is 6.29 Å². The number of anilines is 3. The molecular weight excluding hydrogens is 288 g/mol. The predicted octanol–water partition coefficient (Wildman–Crippen LogP) is 1.84. The van der Waals surface area contributed by atoms with Crippen molar-refractivity contribution in [1.29, 1.82) is 0 Å². The molecule has 2 aromatic carbocycles. The minimum Gasteiger partial charge on any atom is -0.399 e. The van der Waals surface area contributed by atoms with E-state index in [9.17, 15) is 0 Å². The number of azo groups is 1. The van der Waals surface area contributed by atoms with Crippen LogP contribution in [0, 0.1) is 0 Å². The number of nitrogens with two attached hydrogens (primary N) is 1. The molecule has 1 aliphatic rings. The Balaban J connectivity index is 1.64. The van der Waals surface area contributed by atoms with Crippen molar-refractivity contribution in [1.82, 2.24) is 4.90 Å². The number of nitrogens with zero attached hydrogens (tertiary/aromatic N) is 3. The van der Waals surface area contributed by atoms with Crippen molar-refractivity contribution in [3.05, 3.63) is 48.5 Å². The van der Waals surface area contributed by atoms with Crippen LogP contribution in [0.3, 0.4) is 0 Å². The molecule has 0 aromatic heterocycles. The number of hydrogen-bond acceptors (Lipinski definition) is 5. The van der Waals surface area contributed by atoms with Gasteiger partial charge in [-0.15, -0.1) is 10.2 Å². The van der Waals surface area contributed by atoms with Crippen molar-refractivity contribution < 1.29 is 4.90 Å². The lowest BCUT2D eigenvalue weighted by Gasteiger charge is -2.15. The Labute approximate surface area is 136 Å². The first-order valence-corrected chi connectivity index (χ1v) is 7.78. The highest BCUT2D eigenvalue weighted by molar-refractivity contribution is 5.63. The molecule has 23 heavy (non-hydrogen) atoms. The van der Waals surface area contributed by atoms with E-state index in [1.54, 1.807) is 0 Å².